The quantitative estimate of drug-likeness (QED) is 0.306. The number of aryl methyl sites for hydroxylation is 1. The van der Waals surface area contributed by atoms with E-state index in [1.54, 1.807) is 12.1 Å². The summed E-state index contributed by atoms with van der Waals surface area (Å²) in [5.41, 5.74) is 1.68. The summed E-state index contributed by atoms with van der Waals surface area (Å²) in [5.74, 6) is 1.44. The maximum absolute atomic E-state index is 12.3. The highest BCUT2D eigenvalue weighted by atomic mass is 79.9. The van der Waals surface area contributed by atoms with E-state index in [-0.39, 0.29) is 18.3 Å². The SMILES string of the molecule is C=CCn1c(COc2ccc(Cl)c(C)c2)nnc1SCC(=O)Nc1ccc(Br)cc1. The van der Waals surface area contributed by atoms with E-state index in [2.05, 4.69) is 38.0 Å². The lowest BCUT2D eigenvalue weighted by Crippen LogP contribution is -2.15. The van der Waals surface area contributed by atoms with Crippen LogP contribution in [-0.4, -0.2) is 26.4 Å². The number of thioether (sulfide) groups is 1. The van der Waals surface area contributed by atoms with Crippen molar-refractivity contribution in [3.8, 4) is 5.75 Å². The molecular weight excluding hydrogens is 488 g/mol. The first-order valence-electron chi connectivity index (χ1n) is 9.06. The summed E-state index contributed by atoms with van der Waals surface area (Å²) in [6, 6.07) is 12.9. The van der Waals surface area contributed by atoms with Crippen LogP contribution in [-0.2, 0) is 17.9 Å². The summed E-state index contributed by atoms with van der Waals surface area (Å²) >= 11 is 10.7. The van der Waals surface area contributed by atoms with Gasteiger partial charge in [-0.2, -0.15) is 0 Å². The van der Waals surface area contributed by atoms with Crippen LogP contribution in [0.1, 0.15) is 11.4 Å². The topological polar surface area (TPSA) is 69.0 Å². The molecule has 0 spiro atoms. The third-order valence-corrected chi connectivity index (χ3v) is 5.98. The van der Waals surface area contributed by atoms with Gasteiger partial charge in [-0.05, 0) is 55.0 Å². The summed E-state index contributed by atoms with van der Waals surface area (Å²) in [5, 5.41) is 12.6. The molecule has 0 bridgehead atoms. The molecule has 0 saturated heterocycles. The molecule has 0 fully saturated rings. The summed E-state index contributed by atoms with van der Waals surface area (Å²) in [4.78, 5) is 12.3. The standard InChI is InChI=1S/C21H20BrClN4O2S/c1-3-10-27-19(12-29-17-8-9-18(23)14(2)11-17)25-26-21(27)30-13-20(28)24-16-6-4-15(22)5-7-16/h3-9,11H,1,10,12-13H2,2H3,(H,24,28). The monoisotopic (exact) mass is 506 g/mol. The Morgan fingerprint density at radius 3 is 2.77 bits per heavy atom. The molecule has 0 radical (unpaired) electrons. The van der Waals surface area contributed by atoms with Gasteiger partial charge in [0.1, 0.15) is 12.4 Å². The number of aromatic nitrogens is 3. The van der Waals surface area contributed by atoms with Crippen LogP contribution in [0, 0.1) is 6.92 Å². The number of hydrogen-bond donors (Lipinski definition) is 1. The zero-order valence-electron chi connectivity index (χ0n) is 16.3. The third-order valence-electron chi connectivity index (χ3n) is 4.06. The predicted molar refractivity (Wildman–Crippen MR) is 124 cm³/mol. The van der Waals surface area contributed by atoms with Gasteiger partial charge in [-0.15, -0.1) is 16.8 Å². The van der Waals surface area contributed by atoms with Gasteiger partial charge < -0.3 is 10.1 Å². The Morgan fingerprint density at radius 1 is 1.30 bits per heavy atom. The van der Waals surface area contributed by atoms with E-state index in [1.807, 2.05) is 47.9 Å². The first-order valence-corrected chi connectivity index (χ1v) is 11.2. The highest BCUT2D eigenvalue weighted by Gasteiger charge is 2.14. The van der Waals surface area contributed by atoms with Gasteiger partial charge >= 0.3 is 0 Å². The minimum atomic E-state index is -0.120. The van der Waals surface area contributed by atoms with Gasteiger partial charge in [-0.3, -0.25) is 9.36 Å². The molecule has 0 saturated carbocycles. The molecule has 0 atom stereocenters. The zero-order valence-corrected chi connectivity index (χ0v) is 19.4. The van der Waals surface area contributed by atoms with Crippen LogP contribution in [0.4, 0.5) is 5.69 Å². The summed E-state index contributed by atoms with van der Waals surface area (Å²) in [6.45, 7) is 6.47. The Morgan fingerprint density at radius 2 is 2.07 bits per heavy atom. The van der Waals surface area contributed by atoms with E-state index in [9.17, 15) is 4.79 Å². The molecule has 1 N–H and O–H groups in total. The molecule has 0 aliphatic rings. The van der Waals surface area contributed by atoms with Gasteiger partial charge in [0, 0.05) is 21.7 Å². The molecule has 2 aromatic carbocycles. The molecule has 1 aromatic heterocycles. The van der Waals surface area contributed by atoms with E-state index in [0.717, 1.165) is 15.7 Å². The molecule has 0 unspecified atom stereocenters. The summed E-state index contributed by atoms with van der Waals surface area (Å²) in [7, 11) is 0. The average Bonchev–Trinajstić information content (AvgIpc) is 3.11. The van der Waals surface area contributed by atoms with Crippen molar-refractivity contribution in [1.29, 1.82) is 0 Å². The fourth-order valence-electron chi connectivity index (χ4n) is 2.56. The van der Waals surface area contributed by atoms with Crippen molar-refractivity contribution < 1.29 is 9.53 Å². The van der Waals surface area contributed by atoms with Crippen LogP contribution in [0.25, 0.3) is 0 Å². The number of rotatable bonds is 9. The number of carbonyl (C=O) groups excluding carboxylic acids is 1. The average molecular weight is 508 g/mol. The van der Waals surface area contributed by atoms with Gasteiger partial charge in [0.05, 0.1) is 5.75 Å². The normalized spacial score (nSPS) is 10.6. The number of nitrogens with zero attached hydrogens (tertiary/aromatic N) is 3. The molecule has 30 heavy (non-hydrogen) atoms. The van der Waals surface area contributed by atoms with Crippen LogP contribution < -0.4 is 10.1 Å². The van der Waals surface area contributed by atoms with Crippen molar-refractivity contribution >= 4 is 50.9 Å². The van der Waals surface area contributed by atoms with Gasteiger partial charge in [0.2, 0.25) is 5.91 Å². The van der Waals surface area contributed by atoms with Crippen molar-refractivity contribution in [1.82, 2.24) is 14.8 Å². The van der Waals surface area contributed by atoms with E-state index in [0.29, 0.717) is 28.3 Å². The number of carbonyl (C=O) groups is 1. The number of amides is 1. The molecule has 9 heteroatoms. The van der Waals surface area contributed by atoms with Gasteiger partial charge in [0.15, 0.2) is 11.0 Å². The van der Waals surface area contributed by atoms with Crippen LogP contribution in [0.5, 0.6) is 5.75 Å². The second-order valence-electron chi connectivity index (χ2n) is 6.34. The molecule has 1 heterocycles. The summed E-state index contributed by atoms with van der Waals surface area (Å²) in [6.07, 6.45) is 1.76. The van der Waals surface area contributed by atoms with E-state index < -0.39 is 0 Å². The lowest BCUT2D eigenvalue weighted by Gasteiger charge is -2.10. The highest BCUT2D eigenvalue weighted by molar-refractivity contribution is 9.10. The Hall–Kier alpha value is -2.29. The lowest BCUT2D eigenvalue weighted by atomic mass is 10.2. The van der Waals surface area contributed by atoms with Crippen molar-refractivity contribution in [2.75, 3.05) is 11.1 Å². The van der Waals surface area contributed by atoms with E-state index in [4.69, 9.17) is 16.3 Å². The Bertz CT molecular complexity index is 1040. The second kappa shape index (κ2) is 10.7. The molecule has 0 aliphatic carbocycles. The van der Waals surface area contributed by atoms with Crippen molar-refractivity contribution in [3.05, 3.63) is 76.0 Å². The van der Waals surface area contributed by atoms with Crippen LogP contribution in [0.3, 0.4) is 0 Å². The third kappa shape index (κ3) is 6.10. The van der Waals surface area contributed by atoms with Crippen molar-refractivity contribution in [2.45, 2.75) is 25.2 Å². The number of ether oxygens (including phenoxy) is 1. The fraction of sp³-hybridized carbons (Fsp3) is 0.190. The predicted octanol–water partition coefficient (Wildman–Crippen LogP) is 5.50. The number of benzene rings is 2. The Kier molecular flexibility index (Phi) is 7.95. The maximum Gasteiger partial charge on any atom is 0.234 e. The number of halogens is 2. The Labute approximate surface area is 192 Å². The molecule has 3 aromatic rings. The lowest BCUT2D eigenvalue weighted by molar-refractivity contribution is -0.113. The van der Waals surface area contributed by atoms with Crippen LogP contribution >= 0.6 is 39.3 Å². The smallest absolute Gasteiger partial charge is 0.234 e. The molecule has 6 nitrogen and oxygen atoms in total. The van der Waals surface area contributed by atoms with Gasteiger partial charge in [-0.1, -0.05) is 45.4 Å². The highest BCUT2D eigenvalue weighted by Crippen LogP contribution is 2.23. The molecular formula is C21H20BrClN4O2S. The van der Waals surface area contributed by atoms with Crippen LogP contribution in [0.15, 0.2) is 64.7 Å². The molecule has 1 amide bonds. The van der Waals surface area contributed by atoms with E-state index in [1.165, 1.54) is 11.8 Å². The number of anilines is 1. The summed E-state index contributed by atoms with van der Waals surface area (Å²) < 4.78 is 8.67. The minimum Gasteiger partial charge on any atom is -0.486 e. The second-order valence-corrected chi connectivity index (χ2v) is 8.61. The first-order chi connectivity index (χ1) is 14.5. The zero-order chi connectivity index (χ0) is 21.5. The largest absolute Gasteiger partial charge is 0.486 e. The first kappa shape index (κ1) is 22.4. The van der Waals surface area contributed by atoms with Gasteiger partial charge in [-0.25, -0.2) is 0 Å². The van der Waals surface area contributed by atoms with Crippen molar-refractivity contribution in [2.24, 2.45) is 0 Å². The number of hydrogen-bond acceptors (Lipinski definition) is 5. The maximum atomic E-state index is 12.3. The molecule has 3 rings (SSSR count). The molecule has 156 valence electrons. The number of allylic oxidation sites excluding steroid dienone is 1. The molecule has 0 aliphatic heterocycles. The van der Waals surface area contributed by atoms with E-state index >= 15 is 0 Å². The van der Waals surface area contributed by atoms with Crippen molar-refractivity contribution in [3.63, 3.8) is 0 Å². The minimum absolute atomic E-state index is 0.120. The Balaban J connectivity index is 1.61. The fourth-order valence-corrected chi connectivity index (χ4v) is 3.71. The van der Waals surface area contributed by atoms with Crippen LogP contribution in [0.2, 0.25) is 5.02 Å². The number of nitrogens with one attached hydrogen (secondary N) is 1. The van der Waals surface area contributed by atoms with Gasteiger partial charge in [0.25, 0.3) is 0 Å².